The maximum absolute atomic E-state index is 12.9. The van der Waals surface area contributed by atoms with Crippen molar-refractivity contribution < 1.29 is 9.18 Å². The van der Waals surface area contributed by atoms with E-state index in [0.29, 0.717) is 17.8 Å². The van der Waals surface area contributed by atoms with Crippen LogP contribution in [0.15, 0.2) is 48.5 Å². The lowest BCUT2D eigenvalue weighted by Gasteiger charge is -2.22. The van der Waals surface area contributed by atoms with Crippen molar-refractivity contribution in [1.82, 2.24) is 0 Å². The summed E-state index contributed by atoms with van der Waals surface area (Å²) in [5.41, 5.74) is 2.32. The lowest BCUT2D eigenvalue weighted by molar-refractivity contribution is 0.0987. The van der Waals surface area contributed by atoms with Gasteiger partial charge in [-0.3, -0.25) is 4.79 Å². The van der Waals surface area contributed by atoms with Crippen LogP contribution in [0.4, 0.5) is 10.1 Å². The second-order valence-electron chi connectivity index (χ2n) is 4.34. The molecule has 0 heterocycles. The van der Waals surface area contributed by atoms with Gasteiger partial charge in [0.25, 0.3) is 5.91 Å². The molecule has 2 aromatic rings. The molecule has 0 aliphatic heterocycles. The van der Waals surface area contributed by atoms with Crippen LogP contribution in [0.5, 0.6) is 0 Å². The first-order chi connectivity index (χ1) is 9.13. The smallest absolute Gasteiger partial charge is 0.258 e. The molecule has 0 N–H and O–H groups in total. The molecule has 0 saturated heterocycles. The Morgan fingerprint density at radius 1 is 1.11 bits per heavy atom. The second-order valence-corrected chi connectivity index (χ2v) is 4.34. The number of carbonyl (C=O) groups excluding carboxylic acids is 1. The summed E-state index contributed by atoms with van der Waals surface area (Å²) < 4.78 is 12.9. The van der Waals surface area contributed by atoms with Gasteiger partial charge in [-0.05, 0) is 49.7 Å². The van der Waals surface area contributed by atoms with Gasteiger partial charge in [0.15, 0.2) is 0 Å². The lowest BCUT2D eigenvalue weighted by atomic mass is 10.1. The Bertz CT molecular complexity index is 578. The molecule has 3 heteroatoms. The highest BCUT2D eigenvalue weighted by Gasteiger charge is 2.17. The molecule has 0 radical (unpaired) electrons. The molecule has 2 nitrogen and oxygen atoms in total. The van der Waals surface area contributed by atoms with Crippen LogP contribution in [-0.2, 0) is 0 Å². The Morgan fingerprint density at radius 3 is 2.32 bits per heavy atom. The highest BCUT2D eigenvalue weighted by molar-refractivity contribution is 6.06. The Kier molecular flexibility index (Phi) is 3.95. The number of hydrogen-bond donors (Lipinski definition) is 0. The number of hydrogen-bond acceptors (Lipinski definition) is 1. The molecule has 0 aliphatic rings. The molecule has 0 fully saturated rings. The molecule has 0 unspecified atom stereocenters. The fraction of sp³-hybridized carbons (Fsp3) is 0.188. The van der Waals surface area contributed by atoms with Crippen LogP contribution in [0.3, 0.4) is 0 Å². The van der Waals surface area contributed by atoms with E-state index in [2.05, 4.69) is 0 Å². The van der Waals surface area contributed by atoms with Crippen molar-refractivity contribution in [3.63, 3.8) is 0 Å². The summed E-state index contributed by atoms with van der Waals surface area (Å²) >= 11 is 0. The Morgan fingerprint density at radius 2 is 1.74 bits per heavy atom. The van der Waals surface area contributed by atoms with Gasteiger partial charge in [-0.2, -0.15) is 0 Å². The van der Waals surface area contributed by atoms with Gasteiger partial charge in [0.05, 0.1) is 0 Å². The Hall–Kier alpha value is -2.16. The van der Waals surface area contributed by atoms with Crippen LogP contribution < -0.4 is 4.90 Å². The van der Waals surface area contributed by atoms with Gasteiger partial charge in [-0.25, -0.2) is 4.39 Å². The van der Waals surface area contributed by atoms with E-state index in [4.69, 9.17) is 0 Å². The molecule has 0 saturated carbocycles. The number of nitrogens with zero attached hydrogens (tertiary/aromatic N) is 1. The second kappa shape index (κ2) is 5.65. The van der Waals surface area contributed by atoms with Crippen molar-refractivity contribution in [1.29, 1.82) is 0 Å². The van der Waals surface area contributed by atoms with Gasteiger partial charge in [0, 0.05) is 17.8 Å². The van der Waals surface area contributed by atoms with Crippen molar-refractivity contribution >= 4 is 11.6 Å². The average molecular weight is 257 g/mol. The molecule has 98 valence electrons. The Labute approximate surface area is 112 Å². The van der Waals surface area contributed by atoms with E-state index in [-0.39, 0.29) is 11.7 Å². The summed E-state index contributed by atoms with van der Waals surface area (Å²) in [6, 6.07) is 13.4. The van der Waals surface area contributed by atoms with Gasteiger partial charge < -0.3 is 4.90 Å². The molecular formula is C16H16FNO. The zero-order chi connectivity index (χ0) is 13.8. The SMILES string of the molecule is CCN(C(=O)c1ccccc1C)c1ccc(F)cc1. The minimum absolute atomic E-state index is 0.0628. The third-order valence-corrected chi connectivity index (χ3v) is 3.08. The maximum Gasteiger partial charge on any atom is 0.258 e. The third kappa shape index (κ3) is 2.81. The predicted molar refractivity (Wildman–Crippen MR) is 74.9 cm³/mol. The van der Waals surface area contributed by atoms with Crippen LogP contribution in [0.25, 0.3) is 0 Å². The molecule has 0 aliphatic carbocycles. The summed E-state index contributed by atoms with van der Waals surface area (Å²) in [5.74, 6) is -0.365. The zero-order valence-electron chi connectivity index (χ0n) is 11.1. The van der Waals surface area contributed by atoms with E-state index in [1.165, 1.54) is 12.1 Å². The Balaban J connectivity index is 2.35. The monoisotopic (exact) mass is 257 g/mol. The summed E-state index contributed by atoms with van der Waals surface area (Å²) in [5, 5.41) is 0. The highest BCUT2D eigenvalue weighted by Crippen LogP contribution is 2.19. The molecule has 2 rings (SSSR count). The normalized spacial score (nSPS) is 10.3. The van der Waals surface area contributed by atoms with Gasteiger partial charge in [-0.1, -0.05) is 18.2 Å². The molecule has 0 aromatic heterocycles. The maximum atomic E-state index is 12.9. The van der Waals surface area contributed by atoms with Gasteiger partial charge >= 0.3 is 0 Å². The van der Waals surface area contributed by atoms with E-state index in [1.807, 2.05) is 38.1 Å². The van der Waals surface area contributed by atoms with E-state index in [0.717, 1.165) is 5.56 Å². The number of benzene rings is 2. The number of amides is 1. The number of rotatable bonds is 3. The van der Waals surface area contributed by atoms with Crippen LogP contribution in [0.2, 0.25) is 0 Å². The molecule has 1 amide bonds. The minimum atomic E-state index is -0.303. The van der Waals surface area contributed by atoms with E-state index >= 15 is 0 Å². The average Bonchev–Trinajstić information content (AvgIpc) is 2.42. The van der Waals surface area contributed by atoms with Gasteiger partial charge in [-0.15, -0.1) is 0 Å². The fourth-order valence-corrected chi connectivity index (χ4v) is 2.02. The summed E-state index contributed by atoms with van der Waals surface area (Å²) in [6.07, 6.45) is 0. The van der Waals surface area contributed by atoms with E-state index in [1.54, 1.807) is 17.0 Å². The predicted octanol–water partition coefficient (Wildman–Crippen LogP) is 3.80. The lowest BCUT2D eigenvalue weighted by Crippen LogP contribution is -2.31. The number of aryl methyl sites for hydroxylation is 1. The van der Waals surface area contributed by atoms with Crippen molar-refractivity contribution in [3.05, 3.63) is 65.5 Å². The van der Waals surface area contributed by atoms with E-state index in [9.17, 15) is 9.18 Å². The van der Waals surface area contributed by atoms with Crippen LogP contribution in [-0.4, -0.2) is 12.5 Å². The topological polar surface area (TPSA) is 20.3 Å². The quantitative estimate of drug-likeness (QED) is 0.819. The van der Waals surface area contributed by atoms with Crippen LogP contribution in [0, 0.1) is 12.7 Å². The molecular weight excluding hydrogens is 241 g/mol. The van der Waals surface area contributed by atoms with E-state index < -0.39 is 0 Å². The van der Waals surface area contributed by atoms with Gasteiger partial charge in [0.1, 0.15) is 5.82 Å². The largest absolute Gasteiger partial charge is 0.309 e. The summed E-state index contributed by atoms with van der Waals surface area (Å²) in [6.45, 7) is 4.35. The zero-order valence-corrected chi connectivity index (χ0v) is 11.1. The van der Waals surface area contributed by atoms with Crippen molar-refractivity contribution in [2.45, 2.75) is 13.8 Å². The van der Waals surface area contributed by atoms with Crippen molar-refractivity contribution in [2.75, 3.05) is 11.4 Å². The molecule has 2 aromatic carbocycles. The third-order valence-electron chi connectivity index (χ3n) is 3.08. The highest BCUT2D eigenvalue weighted by atomic mass is 19.1. The van der Waals surface area contributed by atoms with Gasteiger partial charge in [0.2, 0.25) is 0 Å². The fourth-order valence-electron chi connectivity index (χ4n) is 2.02. The molecule has 0 bridgehead atoms. The summed E-state index contributed by atoms with van der Waals surface area (Å²) in [7, 11) is 0. The first-order valence-electron chi connectivity index (χ1n) is 6.26. The number of carbonyl (C=O) groups is 1. The molecule has 0 atom stereocenters. The first-order valence-corrected chi connectivity index (χ1v) is 6.26. The van der Waals surface area contributed by atoms with Crippen LogP contribution >= 0.6 is 0 Å². The molecule has 19 heavy (non-hydrogen) atoms. The van der Waals surface area contributed by atoms with Crippen molar-refractivity contribution in [3.8, 4) is 0 Å². The molecule has 0 spiro atoms. The standard InChI is InChI=1S/C16H16FNO/c1-3-18(14-10-8-13(17)9-11-14)16(19)15-7-5-4-6-12(15)2/h4-11H,3H2,1-2H3. The summed E-state index contributed by atoms with van der Waals surface area (Å²) in [4.78, 5) is 14.2. The number of halogens is 1. The number of anilines is 1. The minimum Gasteiger partial charge on any atom is -0.309 e. The van der Waals surface area contributed by atoms with Crippen LogP contribution in [0.1, 0.15) is 22.8 Å². The van der Waals surface area contributed by atoms with Crippen molar-refractivity contribution in [2.24, 2.45) is 0 Å². The first kappa shape index (κ1) is 13.3.